The van der Waals surface area contributed by atoms with Gasteiger partial charge in [0.15, 0.2) is 5.69 Å². The van der Waals surface area contributed by atoms with E-state index in [2.05, 4.69) is 20.5 Å². The van der Waals surface area contributed by atoms with E-state index < -0.39 is 41.3 Å². The van der Waals surface area contributed by atoms with E-state index in [1.165, 1.54) is 45.2 Å². The Hall–Kier alpha value is -3.37. The number of esters is 1. The van der Waals surface area contributed by atoms with Crippen LogP contribution in [0.3, 0.4) is 0 Å². The predicted molar refractivity (Wildman–Crippen MR) is 96.4 cm³/mol. The van der Waals surface area contributed by atoms with Crippen molar-refractivity contribution in [2.24, 2.45) is 0 Å². The lowest BCUT2D eigenvalue weighted by Gasteiger charge is -2.15. The number of alkyl halides is 3. The topological polar surface area (TPSA) is 102 Å². The maximum atomic E-state index is 13.4. The minimum atomic E-state index is -4.77. The summed E-state index contributed by atoms with van der Waals surface area (Å²) in [4.78, 5) is 35.6. The molecule has 0 unspecified atom stereocenters. The highest BCUT2D eigenvalue weighted by Crippen LogP contribution is 2.33. The zero-order chi connectivity index (χ0) is 21.8. The molecule has 0 saturated heterocycles. The minimum absolute atomic E-state index is 0.0978. The molecule has 0 bridgehead atoms. The summed E-state index contributed by atoms with van der Waals surface area (Å²) in [5, 5.41) is 8.32. The van der Waals surface area contributed by atoms with E-state index in [0.29, 0.717) is 0 Å². The maximum absolute atomic E-state index is 13.4. The van der Waals surface area contributed by atoms with Crippen LogP contribution in [0.2, 0.25) is 0 Å². The Labute approximate surface area is 164 Å². The predicted octanol–water partition coefficient (Wildman–Crippen LogP) is 2.64. The van der Waals surface area contributed by atoms with Gasteiger partial charge in [0.25, 0.3) is 11.8 Å². The zero-order valence-electron chi connectivity index (χ0n) is 15.8. The van der Waals surface area contributed by atoms with Crippen molar-refractivity contribution in [1.29, 1.82) is 0 Å². The third-order valence-electron chi connectivity index (χ3n) is 3.80. The van der Waals surface area contributed by atoms with E-state index in [1.807, 2.05) is 0 Å². The normalized spacial score (nSPS) is 11.3. The second-order valence-corrected chi connectivity index (χ2v) is 6.24. The van der Waals surface area contributed by atoms with Crippen LogP contribution in [0, 0.1) is 0 Å². The molecule has 0 spiro atoms. The average Bonchev–Trinajstić information content (AvgIpc) is 3.12. The highest BCUT2D eigenvalue weighted by Gasteiger charge is 2.40. The van der Waals surface area contributed by atoms with Gasteiger partial charge in [-0.05, 0) is 32.0 Å². The van der Waals surface area contributed by atoms with E-state index in [-0.39, 0.29) is 17.8 Å². The third kappa shape index (κ3) is 5.33. The number of amides is 2. The van der Waals surface area contributed by atoms with Gasteiger partial charge in [-0.3, -0.25) is 19.1 Å². The first-order valence-electron chi connectivity index (χ1n) is 8.45. The van der Waals surface area contributed by atoms with Gasteiger partial charge in [-0.2, -0.15) is 18.3 Å². The van der Waals surface area contributed by atoms with Gasteiger partial charge in [0, 0.05) is 17.3 Å². The van der Waals surface area contributed by atoms with Crippen LogP contribution in [-0.2, 0) is 15.7 Å². The Balaban J connectivity index is 2.22. The smallest absolute Gasteiger partial charge is 0.433 e. The molecule has 0 aliphatic heterocycles. The summed E-state index contributed by atoms with van der Waals surface area (Å²) in [6.07, 6.45) is -3.92. The van der Waals surface area contributed by atoms with Crippen molar-refractivity contribution in [3.05, 3.63) is 47.3 Å². The Morgan fingerprint density at radius 2 is 1.90 bits per heavy atom. The van der Waals surface area contributed by atoms with Crippen LogP contribution >= 0.6 is 0 Å². The molecule has 156 valence electrons. The van der Waals surface area contributed by atoms with Gasteiger partial charge in [-0.25, -0.2) is 0 Å². The van der Waals surface area contributed by atoms with E-state index in [9.17, 15) is 27.6 Å². The highest BCUT2D eigenvalue weighted by atomic mass is 19.4. The summed E-state index contributed by atoms with van der Waals surface area (Å²) in [5.74, 6) is -2.28. The van der Waals surface area contributed by atoms with Gasteiger partial charge >= 0.3 is 12.1 Å². The van der Waals surface area contributed by atoms with Crippen LogP contribution in [-0.4, -0.2) is 41.2 Å². The summed E-state index contributed by atoms with van der Waals surface area (Å²) >= 11 is 0. The van der Waals surface area contributed by atoms with E-state index >= 15 is 0 Å². The first-order chi connectivity index (χ1) is 13.5. The Morgan fingerprint density at radius 3 is 2.48 bits per heavy atom. The molecule has 2 rings (SSSR count). The molecule has 2 aromatic rings. The van der Waals surface area contributed by atoms with Crippen molar-refractivity contribution in [3.63, 3.8) is 0 Å². The van der Waals surface area contributed by atoms with E-state index in [4.69, 9.17) is 0 Å². The molecule has 0 saturated carbocycles. The number of carbonyl (C=O) groups is 3. The molecule has 11 heteroatoms. The van der Waals surface area contributed by atoms with Crippen LogP contribution in [0.5, 0.6) is 0 Å². The van der Waals surface area contributed by atoms with Gasteiger partial charge in [-0.15, -0.1) is 0 Å². The van der Waals surface area contributed by atoms with Gasteiger partial charge in [-0.1, -0.05) is 6.07 Å². The third-order valence-corrected chi connectivity index (χ3v) is 3.80. The second-order valence-electron chi connectivity index (χ2n) is 6.24. The van der Waals surface area contributed by atoms with Crippen LogP contribution in [0.1, 0.15) is 46.3 Å². The average molecular weight is 412 g/mol. The molecule has 0 atom stereocenters. The van der Waals surface area contributed by atoms with Crippen LogP contribution in [0.25, 0.3) is 0 Å². The number of hydrogen-bond donors (Lipinski definition) is 2. The molecule has 8 nitrogen and oxygen atoms in total. The fourth-order valence-electron chi connectivity index (χ4n) is 2.47. The monoisotopic (exact) mass is 412 g/mol. The number of halogens is 3. The first kappa shape index (κ1) is 21.9. The quantitative estimate of drug-likeness (QED) is 0.711. The van der Waals surface area contributed by atoms with Gasteiger partial charge in [0.1, 0.15) is 6.54 Å². The number of methoxy groups -OCH3 is 1. The number of nitrogens with zero attached hydrogens (tertiary/aromatic N) is 2. The fourth-order valence-corrected chi connectivity index (χ4v) is 2.47. The summed E-state index contributed by atoms with van der Waals surface area (Å²) in [5.41, 5.74) is -1.59. The van der Waals surface area contributed by atoms with Crippen LogP contribution < -0.4 is 10.6 Å². The molecular formula is C18H19F3N4O4. The van der Waals surface area contributed by atoms with Gasteiger partial charge in [0.05, 0.1) is 18.9 Å². The van der Waals surface area contributed by atoms with Crippen molar-refractivity contribution in [1.82, 2.24) is 15.1 Å². The summed E-state index contributed by atoms with van der Waals surface area (Å²) in [6, 6.07) is 4.93. The molecule has 0 aliphatic rings. The fraction of sp³-hybridized carbons (Fsp3) is 0.333. The lowest BCUT2D eigenvalue weighted by Crippen LogP contribution is -2.30. The minimum Gasteiger partial charge on any atom is -0.468 e. The number of benzene rings is 1. The number of ether oxygens (including phenoxy) is 1. The van der Waals surface area contributed by atoms with Crippen molar-refractivity contribution < 1.29 is 32.3 Å². The maximum Gasteiger partial charge on any atom is 0.433 e. The number of aromatic nitrogens is 2. The van der Waals surface area contributed by atoms with Gasteiger partial charge < -0.3 is 15.4 Å². The Kier molecular flexibility index (Phi) is 6.62. The van der Waals surface area contributed by atoms with Crippen LogP contribution in [0.4, 0.5) is 18.9 Å². The largest absolute Gasteiger partial charge is 0.468 e. The molecule has 0 radical (unpaired) electrons. The van der Waals surface area contributed by atoms with Crippen molar-refractivity contribution >= 4 is 23.5 Å². The number of anilines is 1. The number of carbonyl (C=O) groups excluding carboxylic acids is 3. The van der Waals surface area contributed by atoms with E-state index in [1.54, 1.807) is 0 Å². The van der Waals surface area contributed by atoms with Crippen molar-refractivity contribution in [3.8, 4) is 0 Å². The zero-order valence-corrected chi connectivity index (χ0v) is 15.8. The lowest BCUT2D eigenvalue weighted by molar-refractivity contribution is -0.145. The number of hydrogen-bond acceptors (Lipinski definition) is 5. The first-order valence-corrected chi connectivity index (χ1v) is 8.45. The Morgan fingerprint density at radius 1 is 1.21 bits per heavy atom. The molecule has 1 heterocycles. The number of rotatable bonds is 6. The molecule has 29 heavy (non-hydrogen) atoms. The van der Waals surface area contributed by atoms with Crippen LogP contribution in [0.15, 0.2) is 30.5 Å². The standard InChI is InChI=1S/C18H19F3N4O4/c1-10(2)25-15(18(19,20)21)13(8-23-25)17(28)24-12-6-4-5-11(7-12)16(27)22-9-14(26)29-3/h4-8,10H,9H2,1-3H3,(H,22,27)(H,24,28). The molecule has 1 aromatic carbocycles. The summed E-state index contributed by atoms with van der Waals surface area (Å²) in [7, 11) is 1.17. The van der Waals surface area contributed by atoms with E-state index in [0.717, 1.165) is 10.9 Å². The number of nitrogens with one attached hydrogen (secondary N) is 2. The lowest BCUT2D eigenvalue weighted by atomic mass is 10.1. The highest BCUT2D eigenvalue weighted by molar-refractivity contribution is 6.06. The molecule has 0 aliphatic carbocycles. The molecule has 2 amide bonds. The second kappa shape index (κ2) is 8.76. The van der Waals surface area contributed by atoms with Crippen molar-refractivity contribution in [2.75, 3.05) is 19.0 Å². The Bertz CT molecular complexity index is 922. The van der Waals surface area contributed by atoms with Crippen molar-refractivity contribution in [2.45, 2.75) is 26.1 Å². The molecule has 0 fully saturated rings. The van der Waals surface area contributed by atoms with Gasteiger partial charge in [0.2, 0.25) is 0 Å². The summed E-state index contributed by atoms with van der Waals surface area (Å²) < 4.78 is 45.4. The SMILES string of the molecule is COC(=O)CNC(=O)c1cccc(NC(=O)c2cnn(C(C)C)c2C(F)(F)F)c1. The molecule has 2 N–H and O–H groups in total. The summed E-state index contributed by atoms with van der Waals surface area (Å²) in [6.45, 7) is 2.68. The molecular weight excluding hydrogens is 393 g/mol. The molecule has 1 aromatic heterocycles.